The molecule has 0 aromatic rings. The Bertz CT molecular complexity index is 426. The van der Waals surface area contributed by atoms with Crippen molar-refractivity contribution in [3.63, 3.8) is 0 Å². The number of hydrogen-bond donors (Lipinski definition) is 0. The lowest BCUT2D eigenvalue weighted by molar-refractivity contribution is 1.49. The van der Waals surface area contributed by atoms with E-state index in [1.807, 2.05) is 60.8 Å². The lowest BCUT2D eigenvalue weighted by Crippen LogP contribution is -1.84. The van der Waals surface area contributed by atoms with E-state index in [2.05, 4.69) is 24.3 Å². The van der Waals surface area contributed by atoms with Crippen molar-refractivity contribution in [2.24, 2.45) is 0 Å². The van der Waals surface area contributed by atoms with Gasteiger partial charge in [-0.05, 0) is 0 Å². The molecule has 78 valence electrons. The first kappa shape index (κ1) is 10.4. The van der Waals surface area contributed by atoms with Crippen molar-refractivity contribution in [3.05, 3.63) is 96.2 Å². The zero-order valence-electron chi connectivity index (χ0n) is 8.93. The maximum atomic E-state index is 3.24. The van der Waals surface area contributed by atoms with Crippen molar-refractivity contribution in [2.75, 3.05) is 0 Å². The molecule has 0 heteroatoms. The summed E-state index contributed by atoms with van der Waals surface area (Å²) in [5.41, 5.74) is 2.21. The number of hydrogen-bond acceptors (Lipinski definition) is 0. The van der Waals surface area contributed by atoms with Gasteiger partial charge in [0.2, 0.25) is 0 Å². The second-order valence-electron chi connectivity index (χ2n) is 3.33. The average Bonchev–Trinajstić information content (AvgIpc) is 2.18. The summed E-state index contributed by atoms with van der Waals surface area (Å²) in [6, 6.07) is 0. The lowest BCUT2D eigenvalue weighted by atomic mass is 10.0. The highest BCUT2D eigenvalue weighted by molar-refractivity contribution is 5.50. The first-order valence-electron chi connectivity index (χ1n) is 5.23. The Kier molecular flexibility index (Phi) is 3.73. The molecule has 0 heterocycles. The highest BCUT2D eigenvalue weighted by Gasteiger charge is 1.89. The molecule has 0 aromatic carbocycles. The van der Waals surface area contributed by atoms with Crippen LogP contribution in [-0.2, 0) is 0 Å². The van der Waals surface area contributed by atoms with Gasteiger partial charge in [-0.15, -0.1) is 29.9 Å². The maximum Gasteiger partial charge on any atom is -0.0623 e. The zero-order chi connectivity index (χ0) is 11.1. The maximum absolute atomic E-state index is 3.24. The molecule has 0 N–H and O–H groups in total. The van der Waals surface area contributed by atoms with Crippen LogP contribution in [0, 0.1) is 12.2 Å². The standard InChI is InChI=1S/C16H12/c1-3-7-11-15(12-8-4-1)16-13-9-5-2-6-10-14-16/h1-5,7-12,14H/q-2/b3-1-,4-1?,5-2?,7-3?,8-4-,9-5-,11-7-,12-8?,14-10-,15-11?,15-12+,16-14?. The highest BCUT2D eigenvalue weighted by atomic mass is 14.0. The van der Waals surface area contributed by atoms with E-state index in [4.69, 9.17) is 0 Å². The molecule has 0 saturated heterocycles. The summed E-state index contributed by atoms with van der Waals surface area (Å²) in [4.78, 5) is 0. The SMILES string of the molecule is [C-]1=C\C=C/[C-]=C(C2=C/C=C\C=C/C=C\2)\C=C/1. The van der Waals surface area contributed by atoms with Crippen LogP contribution in [0.5, 0.6) is 0 Å². The molecule has 2 aliphatic rings. The molecule has 0 aromatic heterocycles. The van der Waals surface area contributed by atoms with E-state index < -0.39 is 0 Å². The molecular weight excluding hydrogens is 192 g/mol. The van der Waals surface area contributed by atoms with Crippen molar-refractivity contribution in [1.29, 1.82) is 0 Å². The molecule has 0 amide bonds. The summed E-state index contributed by atoms with van der Waals surface area (Å²) in [6.45, 7) is 0. The Hall–Kier alpha value is -2.08. The average molecular weight is 204 g/mol. The molecular formula is C16H12-2. The van der Waals surface area contributed by atoms with E-state index in [1.165, 1.54) is 0 Å². The van der Waals surface area contributed by atoms with Crippen LogP contribution >= 0.6 is 0 Å². The summed E-state index contributed by atoms with van der Waals surface area (Å²) in [5.74, 6) is 0. The molecule has 0 unspecified atom stereocenters. The van der Waals surface area contributed by atoms with Gasteiger partial charge < -0.3 is 0 Å². The predicted octanol–water partition coefficient (Wildman–Crippen LogP) is 3.81. The summed E-state index contributed by atoms with van der Waals surface area (Å²) >= 11 is 0. The Morgan fingerprint density at radius 1 is 0.750 bits per heavy atom. The van der Waals surface area contributed by atoms with Gasteiger partial charge in [0.25, 0.3) is 0 Å². The molecule has 0 spiro atoms. The van der Waals surface area contributed by atoms with Gasteiger partial charge in [0, 0.05) is 0 Å². The normalized spacial score (nSPS) is 37.0. The smallest absolute Gasteiger partial charge is 0.0623 e. The first-order valence-corrected chi connectivity index (χ1v) is 5.23. The van der Waals surface area contributed by atoms with Crippen LogP contribution < -0.4 is 0 Å². The molecule has 0 nitrogen and oxygen atoms in total. The number of rotatable bonds is 1. The van der Waals surface area contributed by atoms with E-state index >= 15 is 0 Å². The van der Waals surface area contributed by atoms with Gasteiger partial charge in [0.15, 0.2) is 0 Å². The Morgan fingerprint density at radius 3 is 2.62 bits per heavy atom. The van der Waals surface area contributed by atoms with Crippen molar-refractivity contribution >= 4 is 0 Å². The summed E-state index contributed by atoms with van der Waals surface area (Å²) in [6.07, 6.45) is 30.1. The summed E-state index contributed by atoms with van der Waals surface area (Å²) < 4.78 is 0. The third-order valence-electron chi connectivity index (χ3n) is 2.18. The van der Waals surface area contributed by atoms with Gasteiger partial charge in [0.05, 0.1) is 0 Å². The van der Waals surface area contributed by atoms with Crippen LogP contribution in [0.3, 0.4) is 0 Å². The third-order valence-corrected chi connectivity index (χ3v) is 2.18. The van der Waals surface area contributed by atoms with Gasteiger partial charge in [0.1, 0.15) is 0 Å². The molecule has 0 atom stereocenters. The van der Waals surface area contributed by atoms with Crippen LogP contribution in [0.2, 0.25) is 0 Å². The van der Waals surface area contributed by atoms with Crippen LogP contribution in [0.15, 0.2) is 84.1 Å². The lowest BCUT2D eigenvalue weighted by Gasteiger charge is -2.11. The third kappa shape index (κ3) is 2.96. The van der Waals surface area contributed by atoms with Crippen LogP contribution in [-0.4, -0.2) is 0 Å². The van der Waals surface area contributed by atoms with Crippen molar-refractivity contribution in [1.82, 2.24) is 0 Å². The second kappa shape index (κ2) is 5.72. The fraction of sp³-hybridized carbons (Fsp3) is 0. The monoisotopic (exact) mass is 204 g/mol. The predicted molar refractivity (Wildman–Crippen MR) is 68.4 cm³/mol. The molecule has 2 rings (SSSR count). The zero-order valence-corrected chi connectivity index (χ0v) is 8.93. The minimum absolute atomic E-state index is 1.06. The molecule has 16 heavy (non-hydrogen) atoms. The van der Waals surface area contributed by atoms with E-state index in [1.54, 1.807) is 0 Å². The van der Waals surface area contributed by atoms with Gasteiger partial charge in [-0.25, -0.2) is 0 Å². The van der Waals surface area contributed by atoms with E-state index in [0.29, 0.717) is 0 Å². The van der Waals surface area contributed by atoms with Crippen molar-refractivity contribution in [3.8, 4) is 0 Å². The summed E-state index contributed by atoms with van der Waals surface area (Å²) in [5, 5.41) is 0. The largest absolute Gasteiger partial charge is 0.178 e. The molecule has 0 saturated carbocycles. The number of allylic oxidation sites excluding steroid dienone is 16. The Balaban J connectivity index is 2.29. The topological polar surface area (TPSA) is 0 Å². The summed E-state index contributed by atoms with van der Waals surface area (Å²) in [7, 11) is 0. The molecule has 0 bridgehead atoms. The van der Waals surface area contributed by atoms with Gasteiger partial charge in [-0.3, -0.25) is 0 Å². The van der Waals surface area contributed by atoms with Gasteiger partial charge >= 0.3 is 0 Å². The van der Waals surface area contributed by atoms with E-state index in [0.717, 1.165) is 11.1 Å². The van der Waals surface area contributed by atoms with Crippen LogP contribution in [0.25, 0.3) is 0 Å². The fourth-order valence-corrected chi connectivity index (χ4v) is 1.40. The van der Waals surface area contributed by atoms with Crippen molar-refractivity contribution in [2.45, 2.75) is 0 Å². The minimum atomic E-state index is 1.06. The Labute approximate surface area is 96.7 Å². The highest BCUT2D eigenvalue weighted by Crippen LogP contribution is 2.15. The van der Waals surface area contributed by atoms with Crippen LogP contribution in [0.1, 0.15) is 0 Å². The first-order chi connectivity index (χ1) is 7.97. The van der Waals surface area contributed by atoms with Gasteiger partial charge in [-0.1, -0.05) is 48.1 Å². The van der Waals surface area contributed by atoms with Crippen molar-refractivity contribution < 1.29 is 0 Å². The molecule has 0 fully saturated rings. The fourth-order valence-electron chi connectivity index (χ4n) is 1.40. The van der Waals surface area contributed by atoms with Gasteiger partial charge in [-0.2, -0.15) is 18.2 Å². The molecule has 0 aliphatic heterocycles. The Morgan fingerprint density at radius 2 is 1.62 bits per heavy atom. The van der Waals surface area contributed by atoms with E-state index in [9.17, 15) is 0 Å². The van der Waals surface area contributed by atoms with E-state index in [-0.39, 0.29) is 0 Å². The second-order valence-corrected chi connectivity index (χ2v) is 3.33. The molecule has 2 aliphatic carbocycles. The molecule has 0 radical (unpaired) electrons. The van der Waals surface area contributed by atoms with Crippen LogP contribution in [0.4, 0.5) is 0 Å². The minimum Gasteiger partial charge on any atom is -0.178 e. The quantitative estimate of drug-likeness (QED) is 0.570.